The minimum Gasteiger partial charge on any atom is -0.438 e. The first-order chi connectivity index (χ1) is 15.5. The molecule has 0 fully saturated rings. The summed E-state index contributed by atoms with van der Waals surface area (Å²) >= 11 is 12.0. The van der Waals surface area contributed by atoms with E-state index in [0.717, 1.165) is 0 Å². The summed E-state index contributed by atoms with van der Waals surface area (Å²) in [5, 5.41) is 6.49. The number of ether oxygens (including phenoxy) is 1. The highest BCUT2D eigenvalue weighted by atomic mass is 35.5. The van der Waals surface area contributed by atoms with Gasteiger partial charge in [-0.2, -0.15) is 0 Å². The normalized spacial score (nSPS) is 10.5. The molecule has 4 aromatic rings. The quantitative estimate of drug-likeness (QED) is 0.366. The third kappa shape index (κ3) is 5.14. The number of hydrogen-bond donors (Lipinski definition) is 2. The van der Waals surface area contributed by atoms with Gasteiger partial charge in [-0.3, -0.25) is 4.79 Å². The number of hydrogen-bond acceptors (Lipinski definition) is 6. The molecule has 0 saturated carbocycles. The SMILES string of the molecule is CNc1nccc(-c2cccnc2Oc2cccc(NC(=O)c3cc(Cl)cc(Cl)c3)c2)n1. The summed E-state index contributed by atoms with van der Waals surface area (Å²) in [4.78, 5) is 25.5. The number of nitrogens with zero attached hydrogens (tertiary/aromatic N) is 3. The van der Waals surface area contributed by atoms with Gasteiger partial charge in [0.25, 0.3) is 5.91 Å². The molecule has 9 heteroatoms. The van der Waals surface area contributed by atoms with Crippen LogP contribution in [0.5, 0.6) is 11.6 Å². The molecule has 0 saturated heterocycles. The number of halogens is 2. The smallest absolute Gasteiger partial charge is 0.255 e. The van der Waals surface area contributed by atoms with Gasteiger partial charge in [0.15, 0.2) is 0 Å². The Kier molecular flexibility index (Phi) is 6.49. The lowest BCUT2D eigenvalue weighted by molar-refractivity contribution is 0.102. The molecule has 160 valence electrons. The molecule has 0 unspecified atom stereocenters. The summed E-state index contributed by atoms with van der Waals surface area (Å²) in [5.41, 5.74) is 2.26. The van der Waals surface area contributed by atoms with Gasteiger partial charge in [-0.05, 0) is 48.5 Å². The molecule has 2 aromatic carbocycles. The van der Waals surface area contributed by atoms with Crippen LogP contribution in [0.3, 0.4) is 0 Å². The van der Waals surface area contributed by atoms with Crippen LogP contribution in [0.15, 0.2) is 73.1 Å². The number of pyridine rings is 1. The third-order valence-electron chi connectivity index (χ3n) is 4.36. The number of carbonyl (C=O) groups is 1. The highest BCUT2D eigenvalue weighted by Gasteiger charge is 2.12. The van der Waals surface area contributed by atoms with E-state index in [4.69, 9.17) is 27.9 Å². The van der Waals surface area contributed by atoms with Crippen molar-refractivity contribution in [1.29, 1.82) is 0 Å². The van der Waals surface area contributed by atoms with Crippen LogP contribution in [0, 0.1) is 0 Å². The zero-order chi connectivity index (χ0) is 22.5. The second-order valence-corrected chi connectivity index (χ2v) is 7.49. The first-order valence-corrected chi connectivity index (χ1v) is 10.3. The van der Waals surface area contributed by atoms with E-state index in [1.54, 1.807) is 74.0 Å². The van der Waals surface area contributed by atoms with Gasteiger partial charge >= 0.3 is 0 Å². The summed E-state index contributed by atoms with van der Waals surface area (Å²) in [6.45, 7) is 0. The molecule has 32 heavy (non-hydrogen) atoms. The Hall–Kier alpha value is -3.68. The maximum Gasteiger partial charge on any atom is 0.255 e. The van der Waals surface area contributed by atoms with Gasteiger partial charge in [-0.25, -0.2) is 15.0 Å². The highest BCUT2D eigenvalue weighted by Crippen LogP contribution is 2.31. The van der Waals surface area contributed by atoms with Gasteiger partial charge < -0.3 is 15.4 Å². The lowest BCUT2D eigenvalue weighted by atomic mass is 10.2. The Morgan fingerprint density at radius 3 is 2.53 bits per heavy atom. The van der Waals surface area contributed by atoms with Gasteiger partial charge in [-0.1, -0.05) is 29.3 Å². The lowest BCUT2D eigenvalue weighted by Gasteiger charge is -2.12. The number of benzene rings is 2. The van der Waals surface area contributed by atoms with Gasteiger partial charge in [0, 0.05) is 46.8 Å². The van der Waals surface area contributed by atoms with Crippen molar-refractivity contribution < 1.29 is 9.53 Å². The topological polar surface area (TPSA) is 89.0 Å². The number of carbonyl (C=O) groups excluding carboxylic acids is 1. The van der Waals surface area contributed by atoms with E-state index in [1.807, 2.05) is 6.07 Å². The molecule has 0 radical (unpaired) electrons. The molecule has 7 nitrogen and oxygen atoms in total. The van der Waals surface area contributed by atoms with Gasteiger partial charge in [0.05, 0.1) is 11.3 Å². The molecule has 2 heterocycles. The van der Waals surface area contributed by atoms with Crippen molar-refractivity contribution in [2.24, 2.45) is 0 Å². The molecule has 0 bridgehead atoms. The Morgan fingerprint density at radius 1 is 0.938 bits per heavy atom. The maximum absolute atomic E-state index is 12.6. The van der Waals surface area contributed by atoms with Crippen molar-refractivity contribution in [3.05, 3.63) is 88.7 Å². The van der Waals surface area contributed by atoms with Crippen molar-refractivity contribution in [2.75, 3.05) is 17.7 Å². The standard InChI is InChI=1S/C23H17Cl2N5O2/c1-26-23-28-9-7-20(30-23)19-6-3-8-27-22(19)32-18-5-2-4-17(13-18)29-21(31)14-10-15(24)12-16(25)11-14/h2-13H,1H3,(H,29,31)(H,26,28,30). The summed E-state index contributed by atoms with van der Waals surface area (Å²) < 4.78 is 6.02. The zero-order valence-electron chi connectivity index (χ0n) is 16.8. The van der Waals surface area contributed by atoms with Crippen LogP contribution in [0.25, 0.3) is 11.3 Å². The molecule has 0 spiro atoms. The van der Waals surface area contributed by atoms with Crippen LogP contribution in [-0.2, 0) is 0 Å². The minimum atomic E-state index is -0.342. The maximum atomic E-state index is 12.6. The van der Waals surface area contributed by atoms with Crippen LogP contribution in [0.2, 0.25) is 10.0 Å². The number of aromatic nitrogens is 3. The van der Waals surface area contributed by atoms with E-state index in [1.165, 1.54) is 0 Å². The Balaban J connectivity index is 1.57. The number of anilines is 2. The Morgan fingerprint density at radius 2 is 1.75 bits per heavy atom. The molecule has 0 aliphatic carbocycles. The van der Waals surface area contributed by atoms with E-state index in [-0.39, 0.29) is 5.91 Å². The summed E-state index contributed by atoms with van der Waals surface area (Å²) in [7, 11) is 1.75. The zero-order valence-corrected chi connectivity index (χ0v) is 18.4. The number of nitrogens with one attached hydrogen (secondary N) is 2. The first-order valence-electron chi connectivity index (χ1n) is 9.53. The largest absolute Gasteiger partial charge is 0.438 e. The van der Waals surface area contributed by atoms with Crippen molar-refractivity contribution in [3.63, 3.8) is 0 Å². The predicted octanol–water partition coefficient (Wildman–Crippen LogP) is 5.93. The van der Waals surface area contributed by atoms with Crippen LogP contribution >= 0.6 is 23.2 Å². The highest BCUT2D eigenvalue weighted by molar-refractivity contribution is 6.35. The number of amides is 1. The molecule has 2 N–H and O–H groups in total. The molecule has 4 rings (SSSR count). The third-order valence-corrected chi connectivity index (χ3v) is 4.79. The second-order valence-electron chi connectivity index (χ2n) is 6.61. The molecular weight excluding hydrogens is 449 g/mol. The van der Waals surface area contributed by atoms with E-state index in [9.17, 15) is 4.79 Å². The van der Waals surface area contributed by atoms with Crippen molar-refractivity contribution in [1.82, 2.24) is 15.0 Å². The van der Waals surface area contributed by atoms with E-state index in [0.29, 0.717) is 50.1 Å². The fraction of sp³-hybridized carbons (Fsp3) is 0.0435. The Bertz CT molecular complexity index is 1260. The average Bonchev–Trinajstić information content (AvgIpc) is 2.79. The van der Waals surface area contributed by atoms with Gasteiger partial charge in [0.1, 0.15) is 5.75 Å². The monoisotopic (exact) mass is 465 g/mol. The summed E-state index contributed by atoms with van der Waals surface area (Å²) in [5.74, 6) is 1.02. The molecule has 0 atom stereocenters. The van der Waals surface area contributed by atoms with Crippen LogP contribution in [0.1, 0.15) is 10.4 Å². The lowest BCUT2D eigenvalue weighted by Crippen LogP contribution is -2.11. The fourth-order valence-electron chi connectivity index (χ4n) is 2.93. The number of rotatable bonds is 6. The van der Waals surface area contributed by atoms with Crippen molar-refractivity contribution in [3.8, 4) is 22.9 Å². The van der Waals surface area contributed by atoms with Gasteiger partial charge in [-0.15, -0.1) is 0 Å². The summed E-state index contributed by atoms with van der Waals surface area (Å²) in [6.07, 6.45) is 3.29. The summed E-state index contributed by atoms with van der Waals surface area (Å²) in [6, 6.07) is 17.1. The van der Waals surface area contributed by atoms with Crippen molar-refractivity contribution in [2.45, 2.75) is 0 Å². The van der Waals surface area contributed by atoms with E-state index in [2.05, 4.69) is 25.6 Å². The fourth-order valence-corrected chi connectivity index (χ4v) is 3.46. The second kappa shape index (κ2) is 9.64. The Labute approximate surface area is 194 Å². The van der Waals surface area contributed by atoms with E-state index >= 15 is 0 Å². The molecule has 0 aliphatic rings. The first kappa shape index (κ1) is 21.5. The van der Waals surface area contributed by atoms with E-state index < -0.39 is 0 Å². The minimum absolute atomic E-state index is 0.342. The molecular formula is C23H17Cl2N5O2. The molecule has 0 aliphatic heterocycles. The van der Waals surface area contributed by atoms with Gasteiger partial charge in [0.2, 0.25) is 11.8 Å². The molecule has 1 amide bonds. The average molecular weight is 466 g/mol. The predicted molar refractivity (Wildman–Crippen MR) is 126 cm³/mol. The van der Waals surface area contributed by atoms with Crippen LogP contribution in [-0.4, -0.2) is 27.9 Å². The van der Waals surface area contributed by atoms with Crippen LogP contribution in [0.4, 0.5) is 11.6 Å². The van der Waals surface area contributed by atoms with Crippen LogP contribution < -0.4 is 15.4 Å². The van der Waals surface area contributed by atoms with Crippen molar-refractivity contribution >= 4 is 40.7 Å². The molecule has 2 aromatic heterocycles.